The van der Waals surface area contributed by atoms with Gasteiger partial charge < -0.3 is 0 Å². The van der Waals surface area contributed by atoms with Gasteiger partial charge in [-0.15, -0.1) is 0 Å². The highest BCUT2D eigenvalue weighted by molar-refractivity contribution is 5.22. The zero-order valence-corrected chi connectivity index (χ0v) is 18.4. The Bertz CT molecular complexity index is 647. The van der Waals surface area contributed by atoms with E-state index in [0.717, 1.165) is 0 Å². The quantitative estimate of drug-likeness (QED) is 0.381. The van der Waals surface area contributed by atoms with Crippen LogP contribution < -0.4 is 0 Å². The van der Waals surface area contributed by atoms with Crippen molar-refractivity contribution in [2.75, 3.05) is 0 Å². The fourth-order valence-electron chi connectivity index (χ4n) is 2.74. The maximum atomic E-state index is 2.27. The van der Waals surface area contributed by atoms with Crippen molar-refractivity contribution in [1.82, 2.24) is 0 Å². The monoisotopic (exact) mass is 398 g/mol. The van der Waals surface area contributed by atoms with E-state index in [1.54, 1.807) is 0 Å². The second kappa shape index (κ2) is 22.4. The molecule has 1 rings (SSSR count). The summed E-state index contributed by atoms with van der Waals surface area (Å²) in [6.45, 7) is 0. The van der Waals surface area contributed by atoms with Gasteiger partial charge in [0.2, 0.25) is 0 Å². The third-order valence-electron chi connectivity index (χ3n) is 4.37. The predicted octanol–water partition coefficient (Wildman–Crippen LogP) is 9.24. The molecule has 0 fully saturated rings. The third-order valence-corrected chi connectivity index (χ3v) is 4.37. The molecule has 0 aromatic heterocycles. The standard InChI is InChI=1S/C30H38/c1-2-4-6-8-10-12-14-16-18-20-22-24-26-28-30-29-27-25-23-21-19-17-15-13-11-9-7-5-3-1/h1-22H,23-30H2/b2-1-,5-3-,6-4-,9-7-,10-8-,13-11-,14-12-,17-15-,18-16-,21-19-,22-20?. The molecule has 0 aliphatic heterocycles. The fourth-order valence-corrected chi connectivity index (χ4v) is 2.74. The molecule has 0 radical (unpaired) electrons. The first-order valence-electron chi connectivity index (χ1n) is 11.3. The molecular formula is C30H38. The lowest BCUT2D eigenvalue weighted by molar-refractivity contribution is 0.600. The Morgan fingerprint density at radius 1 is 0.200 bits per heavy atom. The van der Waals surface area contributed by atoms with E-state index in [1.807, 2.05) is 72.9 Å². The largest absolute Gasteiger partial charge is 0.0845 e. The molecule has 30 heavy (non-hydrogen) atoms. The van der Waals surface area contributed by atoms with E-state index in [4.69, 9.17) is 0 Å². The highest BCUT2D eigenvalue weighted by Crippen LogP contribution is 2.09. The van der Waals surface area contributed by atoms with Crippen LogP contribution in [0.1, 0.15) is 51.4 Å². The lowest BCUT2D eigenvalue weighted by Crippen LogP contribution is -1.79. The summed E-state index contributed by atoms with van der Waals surface area (Å²) in [5.41, 5.74) is 0. The molecule has 0 N–H and O–H groups in total. The van der Waals surface area contributed by atoms with Gasteiger partial charge in [-0.25, -0.2) is 0 Å². The minimum atomic E-state index is 1.18. The van der Waals surface area contributed by atoms with Crippen LogP contribution in [0.2, 0.25) is 0 Å². The van der Waals surface area contributed by atoms with Gasteiger partial charge in [-0.05, 0) is 25.7 Å². The summed E-state index contributed by atoms with van der Waals surface area (Å²) in [5, 5.41) is 0. The van der Waals surface area contributed by atoms with Crippen LogP contribution in [-0.4, -0.2) is 0 Å². The Kier molecular flexibility index (Phi) is 18.8. The van der Waals surface area contributed by atoms with E-state index in [2.05, 4.69) is 60.8 Å². The second-order valence-electron chi connectivity index (χ2n) is 7.02. The van der Waals surface area contributed by atoms with Crippen LogP contribution in [-0.2, 0) is 0 Å². The molecular weight excluding hydrogens is 360 g/mol. The van der Waals surface area contributed by atoms with Crippen molar-refractivity contribution in [3.05, 3.63) is 134 Å². The Morgan fingerprint density at radius 3 is 0.667 bits per heavy atom. The molecule has 0 bridgehead atoms. The summed E-state index contributed by atoms with van der Waals surface area (Å²) >= 11 is 0. The molecule has 1 aliphatic carbocycles. The van der Waals surface area contributed by atoms with Crippen LogP contribution >= 0.6 is 0 Å². The molecule has 0 unspecified atom stereocenters. The molecule has 0 saturated carbocycles. The van der Waals surface area contributed by atoms with Gasteiger partial charge in [-0.1, -0.05) is 159 Å². The van der Waals surface area contributed by atoms with Gasteiger partial charge in [0, 0.05) is 0 Å². The smallest absolute Gasteiger partial charge is 0.0348 e. The van der Waals surface area contributed by atoms with Crippen LogP contribution in [0.5, 0.6) is 0 Å². The molecule has 158 valence electrons. The molecule has 0 aromatic rings. The second-order valence-corrected chi connectivity index (χ2v) is 7.02. The van der Waals surface area contributed by atoms with Crippen LogP contribution in [0.25, 0.3) is 0 Å². The summed E-state index contributed by atoms with van der Waals surface area (Å²) in [6, 6.07) is 0. The molecule has 0 saturated heterocycles. The summed E-state index contributed by atoms with van der Waals surface area (Å²) in [5.74, 6) is 0. The predicted molar refractivity (Wildman–Crippen MR) is 137 cm³/mol. The first kappa shape index (κ1) is 25.2. The molecule has 0 amide bonds. The Morgan fingerprint density at radius 2 is 0.400 bits per heavy atom. The third kappa shape index (κ3) is 19.9. The van der Waals surface area contributed by atoms with E-state index in [0.29, 0.717) is 0 Å². The van der Waals surface area contributed by atoms with Crippen LogP contribution in [0.4, 0.5) is 0 Å². The van der Waals surface area contributed by atoms with Gasteiger partial charge in [0.1, 0.15) is 0 Å². The van der Waals surface area contributed by atoms with E-state index >= 15 is 0 Å². The molecule has 0 nitrogen and oxygen atoms in total. The van der Waals surface area contributed by atoms with Gasteiger partial charge >= 0.3 is 0 Å². The lowest BCUT2D eigenvalue weighted by Gasteiger charge is -1.99. The van der Waals surface area contributed by atoms with Crippen molar-refractivity contribution in [2.24, 2.45) is 0 Å². The molecule has 0 spiro atoms. The average molecular weight is 399 g/mol. The van der Waals surface area contributed by atoms with Crippen LogP contribution in [0, 0.1) is 0 Å². The first-order chi connectivity index (χ1) is 15.0. The summed E-state index contributed by atoms with van der Waals surface area (Å²) in [6.07, 6.45) is 56.0. The molecule has 0 atom stereocenters. The van der Waals surface area contributed by atoms with E-state index in [-0.39, 0.29) is 0 Å². The summed E-state index contributed by atoms with van der Waals surface area (Å²) in [7, 11) is 0. The summed E-state index contributed by atoms with van der Waals surface area (Å²) < 4.78 is 0. The first-order valence-corrected chi connectivity index (χ1v) is 11.3. The van der Waals surface area contributed by atoms with Gasteiger partial charge in [-0.2, -0.15) is 0 Å². The molecule has 1 aliphatic rings. The number of hydrogen-bond acceptors (Lipinski definition) is 0. The highest BCUT2D eigenvalue weighted by Gasteiger charge is 1.89. The fraction of sp³-hybridized carbons (Fsp3) is 0.267. The molecule has 0 heteroatoms. The van der Waals surface area contributed by atoms with E-state index in [1.165, 1.54) is 51.4 Å². The molecule has 0 heterocycles. The SMILES string of the molecule is C1=CCCCCCCCC\C=C/C=C\C=C/C=C\C=C/C=C\C=C/C=C\C=C/C=C\1. The van der Waals surface area contributed by atoms with Crippen molar-refractivity contribution in [1.29, 1.82) is 0 Å². The zero-order valence-electron chi connectivity index (χ0n) is 18.4. The Balaban J connectivity index is 2.47. The zero-order chi connectivity index (χ0) is 21.2. The number of hydrogen-bond donors (Lipinski definition) is 0. The van der Waals surface area contributed by atoms with Crippen molar-refractivity contribution in [2.45, 2.75) is 51.4 Å². The number of rotatable bonds is 0. The minimum Gasteiger partial charge on any atom is -0.0845 e. The van der Waals surface area contributed by atoms with Crippen LogP contribution in [0.15, 0.2) is 134 Å². The Hall–Kier alpha value is -2.86. The van der Waals surface area contributed by atoms with Crippen molar-refractivity contribution >= 4 is 0 Å². The maximum Gasteiger partial charge on any atom is -0.0348 e. The Labute approximate surface area is 185 Å². The van der Waals surface area contributed by atoms with Gasteiger partial charge in [-0.3, -0.25) is 0 Å². The number of allylic oxidation sites excluding steroid dienone is 22. The van der Waals surface area contributed by atoms with Gasteiger partial charge in [0.25, 0.3) is 0 Å². The minimum absolute atomic E-state index is 1.18. The topological polar surface area (TPSA) is 0 Å². The van der Waals surface area contributed by atoms with Crippen molar-refractivity contribution in [3.8, 4) is 0 Å². The van der Waals surface area contributed by atoms with E-state index in [9.17, 15) is 0 Å². The van der Waals surface area contributed by atoms with E-state index < -0.39 is 0 Å². The van der Waals surface area contributed by atoms with Crippen molar-refractivity contribution in [3.63, 3.8) is 0 Å². The van der Waals surface area contributed by atoms with Gasteiger partial charge in [0.05, 0.1) is 0 Å². The lowest BCUT2D eigenvalue weighted by atomic mass is 10.1. The molecule has 0 aromatic carbocycles. The highest BCUT2D eigenvalue weighted by atomic mass is 14.0. The summed E-state index contributed by atoms with van der Waals surface area (Å²) in [4.78, 5) is 0. The van der Waals surface area contributed by atoms with Gasteiger partial charge in [0.15, 0.2) is 0 Å². The average Bonchev–Trinajstić information content (AvgIpc) is 2.76. The van der Waals surface area contributed by atoms with Crippen molar-refractivity contribution < 1.29 is 0 Å². The normalized spacial score (nSPS) is 28.8. The maximum absolute atomic E-state index is 2.27. The van der Waals surface area contributed by atoms with Crippen LogP contribution in [0.3, 0.4) is 0 Å².